The molecule has 5 nitrogen and oxygen atoms in total. The summed E-state index contributed by atoms with van der Waals surface area (Å²) in [4.78, 5) is 20.5. The van der Waals surface area contributed by atoms with Gasteiger partial charge in [-0.05, 0) is 48.8 Å². The Labute approximate surface area is 136 Å². The number of aromatic nitrogens is 3. The molecule has 0 fully saturated rings. The highest BCUT2D eigenvalue weighted by atomic mass is 79.9. The minimum absolute atomic E-state index is 0.286. The SMILES string of the molecule is CCNc1ccc(Cl)c(Cn2c(C)c(Br)c(C)nc2=O)n1. The van der Waals surface area contributed by atoms with Gasteiger partial charge in [-0.1, -0.05) is 11.6 Å². The van der Waals surface area contributed by atoms with Gasteiger partial charge in [-0.2, -0.15) is 4.98 Å². The number of hydrogen-bond donors (Lipinski definition) is 1. The number of aryl methyl sites for hydroxylation is 1. The molecule has 0 aliphatic rings. The smallest absolute Gasteiger partial charge is 0.348 e. The summed E-state index contributed by atoms with van der Waals surface area (Å²) in [5, 5.41) is 3.66. The summed E-state index contributed by atoms with van der Waals surface area (Å²) in [5.41, 5.74) is 1.81. The van der Waals surface area contributed by atoms with Crippen LogP contribution in [0, 0.1) is 13.8 Å². The zero-order chi connectivity index (χ0) is 15.6. The molecule has 2 rings (SSSR count). The summed E-state index contributed by atoms with van der Waals surface area (Å²) in [6, 6.07) is 3.59. The predicted octanol–water partition coefficient (Wildman–Crippen LogP) is 3.15. The number of halogens is 2. The highest BCUT2D eigenvalue weighted by molar-refractivity contribution is 9.10. The molecule has 0 radical (unpaired) electrons. The molecular weight excluding hydrogens is 356 g/mol. The second kappa shape index (κ2) is 6.58. The molecule has 7 heteroatoms. The van der Waals surface area contributed by atoms with E-state index >= 15 is 0 Å². The molecule has 0 saturated carbocycles. The Balaban J connectivity index is 2.45. The Hall–Kier alpha value is -1.40. The van der Waals surface area contributed by atoms with E-state index in [-0.39, 0.29) is 12.2 Å². The van der Waals surface area contributed by atoms with Gasteiger partial charge < -0.3 is 5.32 Å². The zero-order valence-corrected chi connectivity index (χ0v) is 14.4. The van der Waals surface area contributed by atoms with Crippen molar-refractivity contribution >= 4 is 33.3 Å². The molecule has 0 amide bonds. The van der Waals surface area contributed by atoms with Gasteiger partial charge in [0.05, 0.1) is 27.4 Å². The quantitative estimate of drug-likeness (QED) is 0.897. The maximum Gasteiger partial charge on any atom is 0.348 e. The van der Waals surface area contributed by atoms with Gasteiger partial charge in [0.15, 0.2) is 0 Å². The highest BCUT2D eigenvalue weighted by Crippen LogP contribution is 2.20. The first kappa shape index (κ1) is 16.0. The van der Waals surface area contributed by atoms with Crippen molar-refractivity contribution in [1.82, 2.24) is 14.5 Å². The second-order valence-electron chi connectivity index (χ2n) is 4.62. The van der Waals surface area contributed by atoms with Crippen molar-refractivity contribution in [3.05, 3.63) is 49.2 Å². The van der Waals surface area contributed by atoms with Crippen molar-refractivity contribution in [2.45, 2.75) is 27.3 Å². The fourth-order valence-electron chi connectivity index (χ4n) is 1.99. The van der Waals surface area contributed by atoms with Gasteiger partial charge in [0.2, 0.25) is 0 Å². The van der Waals surface area contributed by atoms with Crippen molar-refractivity contribution < 1.29 is 0 Å². The van der Waals surface area contributed by atoms with Crippen molar-refractivity contribution in [3.63, 3.8) is 0 Å². The van der Waals surface area contributed by atoms with Gasteiger partial charge in [0.25, 0.3) is 0 Å². The van der Waals surface area contributed by atoms with E-state index in [4.69, 9.17) is 11.6 Å². The molecular formula is C14H16BrClN4O. The maximum atomic E-state index is 12.1. The minimum atomic E-state index is -0.306. The fraction of sp³-hybridized carbons (Fsp3) is 0.357. The molecule has 0 aliphatic carbocycles. The monoisotopic (exact) mass is 370 g/mol. The van der Waals surface area contributed by atoms with E-state index < -0.39 is 0 Å². The molecule has 0 saturated heterocycles. The van der Waals surface area contributed by atoms with Crippen molar-refractivity contribution in [2.75, 3.05) is 11.9 Å². The summed E-state index contributed by atoms with van der Waals surface area (Å²) >= 11 is 9.63. The van der Waals surface area contributed by atoms with E-state index in [2.05, 4.69) is 31.2 Å². The lowest BCUT2D eigenvalue weighted by Crippen LogP contribution is -2.27. The van der Waals surface area contributed by atoms with Gasteiger partial charge in [-0.25, -0.2) is 9.78 Å². The van der Waals surface area contributed by atoms with Crippen LogP contribution in [-0.2, 0) is 6.54 Å². The van der Waals surface area contributed by atoms with E-state index in [9.17, 15) is 4.79 Å². The Morgan fingerprint density at radius 2 is 2.05 bits per heavy atom. The third-order valence-corrected chi connectivity index (χ3v) is 4.61. The molecule has 2 aromatic rings. The lowest BCUT2D eigenvalue weighted by atomic mass is 10.3. The third kappa shape index (κ3) is 3.44. The van der Waals surface area contributed by atoms with Gasteiger partial charge in [0.1, 0.15) is 5.82 Å². The molecule has 2 heterocycles. The third-order valence-electron chi connectivity index (χ3n) is 3.12. The molecule has 2 aromatic heterocycles. The summed E-state index contributed by atoms with van der Waals surface area (Å²) in [6.07, 6.45) is 0. The van der Waals surface area contributed by atoms with Crippen molar-refractivity contribution in [2.24, 2.45) is 0 Å². The van der Waals surface area contributed by atoms with Crippen molar-refractivity contribution in [3.8, 4) is 0 Å². The molecule has 1 N–H and O–H groups in total. The summed E-state index contributed by atoms with van der Waals surface area (Å²) in [7, 11) is 0. The first-order valence-electron chi connectivity index (χ1n) is 6.56. The van der Waals surface area contributed by atoms with Crippen LogP contribution in [0.2, 0.25) is 5.02 Å². The molecule has 0 aromatic carbocycles. The molecule has 0 spiro atoms. The number of hydrogen-bond acceptors (Lipinski definition) is 4. The van der Waals surface area contributed by atoms with Crippen LogP contribution in [0.3, 0.4) is 0 Å². The van der Waals surface area contributed by atoms with Crippen LogP contribution in [0.4, 0.5) is 5.82 Å². The average Bonchev–Trinajstić information content (AvgIpc) is 2.44. The van der Waals surface area contributed by atoms with Crippen LogP contribution < -0.4 is 11.0 Å². The van der Waals surface area contributed by atoms with E-state index in [0.29, 0.717) is 16.4 Å². The number of rotatable bonds is 4. The van der Waals surface area contributed by atoms with E-state index in [1.165, 1.54) is 0 Å². The van der Waals surface area contributed by atoms with Crippen LogP contribution >= 0.6 is 27.5 Å². The van der Waals surface area contributed by atoms with E-state index in [1.54, 1.807) is 17.6 Å². The number of pyridine rings is 1. The van der Waals surface area contributed by atoms with E-state index in [1.807, 2.05) is 19.9 Å². The lowest BCUT2D eigenvalue weighted by molar-refractivity contribution is 0.676. The summed E-state index contributed by atoms with van der Waals surface area (Å²) in [5.74, 6) is 0.738. The van der Waals surface area contributed by atoms with Gasteiger partial charge in [0, 0.05) is 12.2 Å². The topological polar surface area (TPSA) is 59.8 Å². The lowest BCUT2D eigenvalue weighted by Gasteiger charge is -2.13. The second-order valence-corrected chi connectivity index (χ2v) is 5.82. The summed E-state index contributed by atoms with van der Waals surface area (Å²) in [6.45, 7) is 6.70. The molecule has 112 valence electrons. The first-order chi connectivity index (χ1) is 9.93. The number of nitrogens with one attached hydrogen (secondary N) is 1. The van der Waals surface area contributed by atoms with E-state index in [0.717, 1.165) is 22.5 Å². The predicted molar refractivity (Wildman–Crippen MR) is 88.2 cm³/mol. The van der Waals surface area contributed by atoms with Crippen LogP contribution in [0.25, 0.3) is 0 Å². The number of nitrogens with zero attached hydrogens (tertiary/aromatic N) is 3. The fourth-order valence-corrected chi connectivity index (χ4v) is 2.46. The molecule has 0 unspecified atom stereocenters. The van der Waals surface area contributed by atoms with Crippen LogP contribution in [0.15, 0.2) is 21.4 Å². The molecule has 0 atom stereocenters. The minimum Gasteiger partial charge on any atom is -0.370 e. The Bertz CT molecular complexity index is 730. The normalized spacial score (nSPS) is 10.7. The Morgan fingerprint density at radius 1 is 1.33 bits per heavy atom. The Kier molecular flexibility index (Phi) is 5.00. The van der Waals surface area contributed by atoms with Gasteiger partial charge in [-0.3, -0.25) is 4.57 Å². The first-order valence-corrected chi connectivity index (χ1v) is 7.74. The Morgan fingerprint density at radius 3 is 2.71 bits per heavy atom. The standard InChI is InChI=1S/C14H16BrClN4O/c1-4-17-12-6-5-10(16)11(19-12)7-20-9(3)13(15)8(2)18-14(20)21/h5-6H,4,7H2,1-3H3,(H,17,19). The van der Waals surface area contributed by atoms with Gasteiger partial charge in [-0.15, -0.1) is 0 Å². The summed E-state index contributed by atoms with van der Waals surface area (Å²) < 4.78 is 2.38. The van der Waals surface area contributed by atoms with Crippen molar-refractivity contribution in [1.29, 1.82) is 0 Å². The number of anilines is 1. The molecule has 0 bridgehead atoms. The highest BCUT2D eigenvalue weighted by Gasteiger charge is 2.12. The average molecular weight is 372 g/mol. The van der Waals surface area contributed by atoms with Gasteiger partial charge >= 0.3 is 5.69 Å². The molecule has 0 aliphatic heterocycles. The maximum absolute atomic E-state index is 12.1. The zero-order valence-electron chi connectivity index (χ0n) is 12.1. The van der Waals surface area contributed by atoms with Crippen LogP contribution in [0.1, 0.15) is 24.0 Å². The largest absolute Gasteiger partial charge is 0.370 e. The molecule has 21 heavy (non-hydrogen) atoms. The van der Waals surface area contributed by atoms with Crippen LogP contribution in [0.5, 0.6) is 0 Å². The van der Waals surface area contributed by atoms with Crippen LogP contribution in [-0.4, -0.2) is 21.1 Å².